The van der Waals surface area contributed by atoms with Crippen LogP contribution in [0.15, 0.2) is 30.4 Å². The highest BCUT2D eigenvalue weighted by molar-refractivity contribution is 6.07. The van der Waals surface area contributed by atoms with E-state index in [9.17, 15) is 9.59 Å². The molecular formula is C23H33N3O4. The quantitative estimate of drug-likeness (QED) is 0.522. The molecular weight excluding hydrogens is 382 g/mol. The summed E-state index contributed by atoms with van der Waals surface area (Å²) < 4.78 is 10.7. The van der Waals surface area contributed by atoms with Gasteiger partial charge < -0.3 is 14.8 Å². The monoisotopic (exact) mass is 415 g/mol. The Hall–Kier alpha value is -2.54. The van der Waals surface area contributed by atoms with Gasteiger partial charge in [-0.25, -0.2) is 4.79 Å². The molecule has 2 aliphatic rings. The lowest BCUT2D eigenvalue weighted by Gasteiger charge is -2.40. The zero-order valence-electron chi connectivity index (χ0n) is 18.5. The molecule has 2 heterocycles. The Kier molecular flexibility index (Phi) is 6.71. The summed E-state index contributed by atoms with van der Waals surface area (Å²) in [4.78, 5) is 29.3. The number of urea groups is 1. The molecule has 0 unspecified atom stereocenters. The van der Waals surface area contributed by atoms with E-state index in [1.54, 1.807) is 14.2 Å². The summed E-state index contributed by atoms with van der Waals surface area (Å²) in [5, 5.41) is 3.03. The van der Waals surface area contributed by atoms with Gasteiger partial charge in [-0.2, -0.15) is 0 Å². The topological polar surface area (TPSA) is 71.1 Å². The molecule has 1 aromatic carbocycles. The van der Waals surface area contributed by atoms with Crippen molar-refractivity contribution in [2.45, 2.75) is 45.2 Å². The average molecular weight is 416 g/mol. The summed E-state index contributed by atoms with van der Waals surface area (Å²) in [7, 11) is 3.27. The minimum absolute atomic E-state index is 0.101. The number of ether oxygens (including phenoxy) is 2. The van der Waals surface area contributed by atoms with Crippen LogP contribution in [0.1, 0.15) is 38.7 Å². The third-order valence-corrected chi connectivity index (χ3v) is 6.33. The average Bonchev–Trinajstić information content (AvgIpc) is 2.99. The predicted octanol–water partition coefficient (Wildman–Crippen LogP) is 3.19. The number of benzene rings is 1. The highest BCUT2D eigenvalue weighted by Crippen LogP contribution is 2.37. The van der Waals surface area contributed by atoms with Crippen LogP contribution in [0, 0.1) is 5.92 Å². The van der Waals surface area contributed by atoms with Crippen LogP contribution in [0.2, 0.25) is 0 Å². The summed E-state index contributed by atoms with van der Waals surface area (Å²) in [6, 6.07) is 5.69. The normalized spacial score (nSPS) is 22.9. The number of carbonyl (C=O) groups excluding carboxylic acids is 2. The molecule has 2 fully saturated rings. The minimum atomic E-state index is -0.790. The Morgan fingerprint density at radius 2 is 1.87 bits per heavy atom. The van der Waals surface area contributed by atoms with Crippen molar-refractivity contribution in [2.24, 2.45) is 5.92 Å². The van der Waals surface area contributed by atoms with E-state index in [0.29, 0.717) is 6.42 Å². The van der Waals surface area contributed by atoms with Gasteiger partial charge in [0.2, 0.25) is 0 Å². The van der Waals surface area contributed by atoms with Gasteiger partial charge >= 0.3 is 6.03 Å². The molecule has 7 nitrogen and oxygen atoms in total. The van der Waals surface area contributed by atoms with Crippen molar-refractivity contribution in [1.29, 1.82) is 0 Å². The fourth-order valence-electron chi connectivity index (χ4n) is 4.68. The van der Waals surface area contributed by atoms with Crippen LogP contribution in [0.5, 0.6) is 11.5 Å². The Morgan fingerprint density at radius 1 is 1.20 bits per heavy atom. The van der Waals surface area contributed by atoms with E-state index in [-0.39, 0.29) is 24.4 Å². The van der Waals surface area contributed by atoms with Gasteiger partial charge in [0.05, 0.1) is 20.8 Å². The summed E-state index contributed by atoms with van der Waals surface area (Å²) in [5.74, 6) is 1.48. The molecule has 3 amide bonds. The fraction of sp³-hybridized carbons (Fsp3) is 0.565. The molecule has 30 heavy (non-hydrogen) atoms. The van der Waals surface area contributed by atoms with E-state index in [1.807, 2.05) is 26.0 Å². The largest absolute Gasteiger partial charge is 0.493 e. The van der Waals surface area contributed by atoms with Crippen LogP contribution in [0.25, 0.3) is 0 Å². The number of carbonyl (C=O) groups is 2. The molecule has 0 bridgehead atoms. The second kappa shape index (κ2) is 9.08. The first-order valence-electron chi connectivity index (χ1n) is 10.6. The number of hydrogen-bond acceptors (Lipinski definition) is 5. The van der Waals surface area contributed by atoms with E-state index >= 15 is 0 Å². The van der Waals surface area contributed by atoms with Crippen LogP contribution in [0.3, 0.4) is 0 Å². The molecule has 2 saturated heterocycles. The number of imide groups is 1. The summed E-state index contributed by atoms with van der Waals surface area (Å²) in [5.41, 5.74) is 1.17. The van der Waals surface area contributed by atoms with Crippen molar-refractivity contribution in [2.75, 3.05) is 33.9 Å². The van der Waals surface area contributed by atoms with Crippen molar-refractivity contribution in [3.63, 3.8) is 0 Å². The maximum absolute atomic E-state index is 13.2. The number of methoxy groups -OCH3 is 2. The fourth-order valence-corrected chi connectivity index (χ4v) is 4.68. The van der Waals surface area contributed by atoms with Gasteiger partial charge in [-0.15, -0.1) is 0 Å². The summed E-state index contributed by atoms with van der Waals surface area (Å²) >= 11 is 0. The first-order chi connectivity index (χ1) is 14.3. The predicted molar refractivity (Wildman–Crippen MR) is 116 cm³/mol. The van der Waals surface area contributed by atoms with Gasteiger partial charge in [0, 0.05) is 6.54 Å². The minimum Gasteiger partial charge on any atom is -0.493 e. The Morgan fingerprint density at radius 3 is 2.43 bits per heavy atom. The van der Waals surface area contributed by atoms with Crippen molar-refractivity contribution in [1.82, 2.24) is 15.1 Å². The van der Waals surface area contributed by atoms with E-state index in [1.165, 1.54) is 4.90 Å². The lowest BCUT2D eigenvalue weighted by molar-refractivity contribution is -0.134. The highest BCUT2D eigenvalue weighted by Gasteiger charge is 2.54. The highest BCUT2D eigenvalue weighted by atomic mass is 16.5. The molecule has 3 rings (SSSR count). The molecule has 7 heteroatoms. The van der Waals surface area contributed by atoms with Gasteiger partial charge in [-0.1, -0.05) is 25.1 Å². The molecule has 1 atom stereocenters. The zero-order chi connectivity index (χ0) is 21.9. The maximum atomic E-state index is 13.2. The molecule has 0 aromatic heterocycles. The van der Waals surface area contributed by atoms with Gasteiger partial charge in [-0.05, 0) is 62.9 Å². The van der Waals surface area contributed by atoms with Gasteiger partial charge in [-0.3, -0.25) is 14.6 Å². The van der Waals surface area contributed by atoms with E-state index < -0.39 is 5.54 Å². The molecule has 2 aliphatic heterocycles. The van der Waals surface area contributed by atoms with Crippen LogP contribution in [-0.2, 0) is 11.3 Å². The van der Waals surface area contributed by atoms with E-state index in [0.717, 1.165) is 55.1 Å². The van der Waals surface area contributed by atoms with Crippen molar-refractivity contribution < 1.29 is 19.1 Å². The molecule has 0 spiro atoms. The first-order valence-corrected chi connectivity index (χ1v) is 10.6. The second-order valence-corrected chi connectivity index (χ2v) is 8.34. The Bertz CT molecular complexity index is 817. The number of hydrogen-bond donors (Lipinski definition) is 1. The lowest BCUT2D eigenvalue weighted by atomic mass is 9.75. The summed E-state index contributed by atoms with van der Waals surface area (Å²) in [6.07, 6.45) is 2.34. The van der Waals surface area contributed by atoms with Crippen molar-refractivity contribution >= 4 is 11.9 Å². The molecule has 0 radical (unpaired) electrons. The Labute approximate surface area is 179 Å². The smallest absolute Gasteiger partial charge is 0.325 e. The number of rotatable bonds is 8. The molecule has 164 valence electrons. The van der Waals surface area contributed by atoms with Gasteiger partial charge in [0.1, 0.15) is 5.54 Å². The number of amides is 3. The van der Waals surface area contributed by atoms with Crippen molar-refractivity contribution in [3.8, 4) is 11.5 Å². The second-order valence-electron chi connectivity index (χ2n) is 8.34. The van der Waals surface area contributed by atoms with Crippen molar-refractivity contribution in [3.05, 3.63) is 35.9 Å². The van der Waals surface area contributed by atoms with Crippen LogP contribution >= 0.6 is 0 Å². The maximum Gasteiger partial charge on any atom is 0.325 e. The molecule has 1 aromatic rings. The SMILES string of the molecule is C=C(C)CN1C(=O)N[C@](CC)(C2CCN(Cc3ccc(OC)c(OC)c3)CC2)C1=O. The third-order valence-electron chi connectivity index (χ3n) is 6.33. The number of nitrogens with one attached hydrogen (secondary N) is 1. The summed E-state index contributed by atoms with van der Waals surface area (Å²) in [6.45, 7) is 10.5. The number of piperidine rings is 1. The van der Waals surface area contributed by atoms with E-state index in [2.05, 4.69) is 22.9 Å². The van der Waals surface area contributed by atoms with Crippen LogP contribution in [0.4, 0.5) is 4.79 Å². The van der Waals surface area contributed by atoms with Gasteiger partial charge in [0.15, 0.2) is 11.5 Å². The molecule has 1 N–H and O–H groups in total. The van der Waals surface area contributed by atoms with Crippen LogP contribution in [-0.4, -0.2) is 61.1 Å². The molecule has 0 saturated carbocycles. The first kappa shape index (κ1) is 22.2. The third kappa shape index (κ3) is 4.17. The number of nitrogens with zero attached hydrogens (tertiary/aromatic N) is 2. The van der Waals surface area contributed by atoms with E-state index in [4.69, 9.17) is 9.47 Å². The van der Waals surface area contributed by atoms with Crippen LogP contribution < -0.4 is 14.8 Å². The Balaban J connectivity index is 1.65. The lowest BCUT2D eigenvalue weighted by Crippen LogP contribution is -2.55. The van der Waals surface area contributed by atoms with Gasteiger partial charge in [0.25, 0.3) is 5.91 Å². The number of likely N-dealkylation sites (tertiary alicyclic amines) is 1. The molecule has 0 aliphatic carbocycles. The standard InChI is InChI=1S/C23H33N3O4/c1-6-23(21(27)26(14-16(2)3)22(28)24-23)18-9-11-25(12-10-18)15-17-7-8-19(29-4)20(13-17)30-5/h7-8,13,18H,2,6,9-12,14-15H2,1,3-5H3,(H,24,28)/t23-/m1/s1. The zero-order valence-corrected chi connectivity index (χ0v) is 18.5.